The van der Waals surface area contributed by atoms with Crippen molar-refractivity contribution < 1.29 is 14.4 Å². The Morgan fingerprint density at radius 1 is 1.12 bits per heavy atom. The van der Waals surface area contributed by atoms with Crippen LogP contribution in [0.5, 0.6) is 0 Å². The molecular weight excluding hydrogens is 448 g/mol. The minimum Gasteiger partial charge on any atom is -0.339 e. The molecule has 2 aliphatic heterocycles. The minimum absolute atomic E-state index is 0.000994. The first-order valence-electron chi connectivity index (χ1n) is 10.5. The Labute approximate surface area is 194 Å². The van der Waals surface area contributed by atoms with Gasteiger partial charge in [-0.1, -0.05) is 23.7 Å². The quantitative estimate of drug-likeness (QED) is 0.586. The highest BCUT2D eigenvalue weighted by atomic mass is 35.5. The van der Waals surface area contributed by atoms with E-state index in [4.69, 9.17) is 16.6 Å². The van der Waals surface area contributed by atoms with Gasteiger partial charge in [-0.3, -0.25) is 14.5 Å². The van der Waals surface area contributed by atoms with E-state index in [0.29, 0.717) is 29.6 Å². The zero-order chi connectivity index (χ0) is 22.2. The third kappa shape index (κ3) is 4.08. The van der Waals surface area contributed by atoms with Crippen molar-refractivity contribution in [3.63, 3.8) is 0 Å². The highest BCUT2D eigenvalue weighted by Gasteiger charge is 2.29. The number of carbonyl (C=O) groups is 3. The molecule has 9 heteroatoms. The second-order valence-electron chi connectivity index (χ2n) is 8.07. The van der Waals surface area contributed by atoms with Crippen LogP contribution in [-0.2, 0) is 11.3 Å². The smallest absolute Gasteiger partial charge is 0.324 e. The molecule has 0 radical (unpaired) electrons. The topological polar surface area (TPSA) is 82.6 Å². The molecule has 0 spiro atoms. The number of nitrogens with zero attached hydrogens (tertiary/aromatic N) is 3. The first-order chi connectivity index (χ1) is 15.5. The molecule has 2 aliphatic rings. The minimum atomic E-state index is -0.380. The summed E-state index contributed by atoms with van der Waals surface area (Å²) in [5.41, 5.74) is 2.35. The molecular formula is C23H21ClN4O3S. The van der Waals surface area contributed by atoms with Crippen LogP contribution in [0.2, 0.25) is 5.02 Å². The van der Waals surface area contributed by atoms with Gasteiger partial charge < -0.3 is 10.2 Å². The second kappa shape index (κ2) is 8.52. The van der Waals surface area contributed by atoms with Crippen molar-refractivity contribution >= 4 is 51.0 Å². The maximum atomic E-state index is 13.0. The molecule has 1 N–H and O–H groups in total. The third-order valence-electron chi connectivity index (χ3n) is 5.98. The van der Waals surface area contributed by atoms with Gasteiger partial charge in [0.2, 0.25) is 5.91 Å². The molecule has 3 aromatic rings. The maximum absolute atomic E-state index is 13.0. The average Bonchev–Trinajstić information content (AvgIpc) is 3.37. The molecule has 164 valence electrons. The van der Waals surface area contributed by atoms with E-state index < -0.39 is 0 Å². The van der Waals surface area contributed by atoms with Crippen molar-refractivity contribution in [2.45, 2.75) is 25.3 Å². The van der Waals surface area contributed by atoms with Gasteiger partial charge in [-0.05, 0) is 48.7 Å². The number of carbonyl (C=O) groups excluding carboxylic acids is 3. The summed E-state index contributed by atoms with van der Waals surface area (Å²) in [6.07, 6.45) is 1.76. The molecule has 1 aromatic heterocycles. The first-order valence-corrected chi connectivity index (χ1v) is 11.7. The van der Waals surface area contributed by atoms with Gasteiger partial charge >= 0.3 is 6.03 Å². The Bertz CT molecular complexity index is 1190. The molecule has 7 nitrogen and oxygen atoms in total. The molecule has 0 atom stereocenters. The molecule has 0 bridgehead atoms. The lowest BCUT2D eigenvalue weighted by Crippen LogP contribution is -2.37. The van der Waals surface area contributed by atoms with Crippen LogP contribution in [0.1, 0.15) is 39.7 Å². The summed E-state index contributed by atoms with van der Waals surface area (Å²) in [4.78, 5) is 44.2. The number of amides is 4. The van der Waals surface area contributed by atoms with Crippen LogP contribution in [0.3, 0.4) is 0 Å². The number of nitrogens with one attached hydrogen (secondary N) is 1. The van der Waals surface area contributed by atoms with E-state index in [1.165, 1.54) is 4.90 Å². The zero-order valence-electron chi connectivity index (χ0n) is 17.2. The second-order valence-corrected chi connectivity index (χ2v) is 9.56. The van der Waals surface area contributed by atoms with Gasteiger partial charge in [0.25, 0.3) is 5.91 Å². The van der Waals surface area contributed by atoms with E-state index >= 15 is 0 Å². The van der Waals surface area contributed by atoms with Gasteiger partial charge in [0, 0.05) is 29.6 Å². The van der Waals surface area contributed by atoms with Crippen LogP contribution < -0.4 is 5.32 Å². The highest BCUT2D eigenvalue weighted by Crippen LogP contribution is 2.35. The fourth-order valence-electron chi connectivity index (χ4n) is 4.16. The molecule has 0 aliphatic carbocycles. The van der Waals surface area contributed by atoms with E-state index in [1.54, 1.807) is 35.6 Å². The molecule has 3 heterocycles. The van der Waals surface area contributed by atoms with E-state index in [2.05, 4.69) is 5.32 Å². The van der Waals surface area contributed by atoms with Crippen LogP contribution in [-0.4, -0.2) is 52.3 Å². The predicted octanol–water partition coefficient (Wildman–Crippen LogP) is 4.02. The molecule has 4 amide bonds. The summed E-state index contributed by atoms with van der Waals surface area (Å²) >= 11 is 7.78. The van der Waals surface area contributed by atoms with Crippen LogP contribution in [0, 0.1) is 0 Å². The number of halogens is 1. The molecule has 0 unspecified atom stereocenters. The third-order valence-corrected chi connectivity index (χ3v) is 7.41. The predicted molar refractivity (Wildman–Crippen MR) is 123 cm³/mol. The fourth-order valence-corrected chi connectivity index (χ4v) is 5.44. The van der Waals surface area contributed by atoms with E-state index in [1.807, 2.05) is 23.1 Å². The molecule has 0 saturated carbocycles. The number of benzene rings is 2. The average molecular weight is 469 g/mol. The molecule has 2 aromatic carbocycles. The van der Waals surface area contributed by atoms with Crippen LogP contribution in [0.4, 0.5) is 4.79 Å². The van der Waals surface area contributed by atoms with Crippen molar-refractivity contribution in [1.29, 1.82) is 0 Å². The Morgan fingerprint density at radius 2 is 1.88 bits per heavy atom. The summed E-state index contributed by atoms with van der Waals surface area (Å²) in [5.74, 6) is 0.108. The zero-order valence-corrected chi connectivity index (χ0v) is 18.8. The van der Waals surface area contributed by atoms with Gasteiger partial charge in [0.15, 0.2) is 0 Å². The van der Waals surface area contributed by atoms with Crippen molar-refractivity contribution in [1.82, 2.24) is 20.1 Å². The Balaban J connectivity index is 1.20. The van der Waals surface area contributed by atoms with E-state index in [0.717, 1.165) is 33.6 Å². The lowest BCUT2D eigenvalue weighted by atomic mass is 9.97. The van der Waals surface area contributed by atoms with Crippen LogP contribution >= 0.6 is 22.9 Å². The van der Waals surface area contributed by atoms with Gasteiger partial charge in [0.05, 0.1) is 28.3 Å². The summed E-state index contributed by atoms with van der Waals surface area (Å²) in [6.45, 7) is 1.61. The number of fused-ring (bicyclic) bond motifs is 1. The number of urea groups is 1. The number of rotatable bonds is 4. The van der Waals surface area contributed by atoms with Crippen LogP contribution in [0.15, 0.2) is 42.5 Å². The number of thiazole rings is 1. The molecule has 32 heavy (non-hydrogen) atoms. The van der Waals surface area contributed by atoms with E-state index in [-0.39, 0.29) is 30.9 Å². The van der Waals surface area contributed by atoms with Crippen molar-refractivity contribution in [3.05, 3.63) is 63.6 Å². The van der Waals surface area contributed by atoms with Gasteiger partial charge in [-0.2, -0.15) is 0 Å². The number of likely N-dealkylation sites (tertiary alicyclic amines) is 1. The largest absolute Gasteiger partial charge is 0.339 e. The summed E-state index contributed by atoms with van der Waals surface area (Å²) in [7, 11) is 0. The number of hydrogen-bond acceptors (Lipinski definition) is 5. The standard InChI is InChI=1S/C23H21ClN4O3S/c24-17-5-6-19-18(11-17)26-21(32-19)15-7-9-27(10-8-15)22(30)16-3-1-14(2-4-16)13-28-20(29)12-25-23(28)31/h1-6,11,15H,7-10,12-13H2,(H,25,31). The monoisotopic (exact) mass is 468 g/mol. The number of hydrogen-bond donors (Lipinski definition) is 1. The van der Waals surface area contributed by atoms with Gasteiger partial charge in [-0.15, -0.1) is 11.3 Å². The Hall–Kier alpha value is -2.97. The van der Waals surface area contributed by atoms with Gasteiger partial charge in [-0.25, -0.2) is 9.78 Å². The molecule has 2 saturated heterocycles. The lowest BCUT2D eigenvalue weighted by Gasteiger charge is -2.31. The molecule has 5 rings (SSSR count). The fraction of sp³-hybridized carbons (Fsp3) is 0.304. The van der Waals surface area contributed by atoms with E-state index in [9.17, 15) is 14.4 Å². The van der Waals surface area contributed by atoms with Crippen molar-refractivity contribution in [3.8, 4) is 0 Å². The summed E-state index contributed by atoms with van der Waals surface area (Å²) < 4.78 is 1.14. The normalized spacial score (nSPS) is 17.3. The number of imide groups is 1. The summed E-state index contributed by atoms with van der Waals surface area (Å²) in [6, 6.07) is 12.5. The SMILES string of the molecule is O=C(c1ccc(CN2C(=O)CNC2=O)cc1)N1CCC(c2nc3cc(Cl)ccc3s2)CC1. The Morgan fingerprint density at radius 3 is 2.56 bits per heavy atom. The maximum Gasteiger partial charge on any atom is 0.324 e. The molecule has 2 fully saturated rings. The highest BCUT2D eigenvalue weighted by molar-refractivity contribution is 7.18. The van der Waals surface area contributed by atoms with Gasteiger partial charge in [0.1, 0.15) is 0 Å². The van der Waals surface area contributed by atoms with Crippen molar-refractivity contribution in [2.24, 2.45) is 0 Å². The number of piperidine rings is 1. The number of aromatic nitrogens is 1. The van der Waals surface area contributed by atoms with Crippen molar-refractivity contribution in [2.75, 3.05) is 19.6 Å². The summed E-state index contributed by atoms with van der Waals surface area (Å²) in [5, 5.41) is 4.31. The first kappa shape index (κ1) is 20.9. The lowest BCUT2D eigenvalue weighted by molar-refractivity contribution is -0.125. The van der Waals surface area contributed by atoms with Crippen LogP contribution in [0.25, 0.3) is 10.2 Å². The Kier molecular flexibility index (Phi) is 5.57.